The van der Waals surface area contributed by atoms with Crippen LogP contribution in [0.15, 0.2) is 70.3 Å². The lowest BCUT2D eigenvalue weighted by atomic mass is 10.0. The van der Waals surface area contributed by atoms with E-state index in [4.69, 9.17) is 4.42 Å². The molecule has 1 N–H and O–H groups in total. The van der Waals surface area contributed by atoms with Crippen LogP contribution < -0.4 is 5.56 Å². The van der Waals surface area contributed by atoms with Gasteiger partial charge in [0.05, 0.1) is 12.8 Å². The molecule has 0 radical (unpaired) electrons. The molecule has 3 heterocycles. The van der Waals surface area contributed by atoms with E-state index in [2.05, 4.69) is 16.0 Å². The van der Waals surface area contributed by atoms with E-state index in [0.717, 1.165) is 27.6 Å². The van der Waals surface area contributed by atoms with Crippen molar-refractivity contribution in [3.8, 4) is 0 Å². The molecule has 0 bridgehead atoms. The highest BCUT2D eigenvalue weighted by atomic mass is 16.3. The number of carbonyl (C=O) groups is 1. The summed E-state index contributed by atoms with van der Waals surface area (Å²) in [5.74, 6) is -0.0445. The van der Waals surface area contributed by atoms with E-state index in [0.29, 0.717) is 12.1 Å². The fourth-order valence-corrected chi connectivity index (χ4v) is 3.51. The maximum Gasteiger partial charge on any atom is 0.290 e. The Morgan fingerprint density at radius 2 is 2.00 bits per heavy atom. The highest BCUT2D eigenvalue weighted by molar-refractivity contribution is 5.91. The highest BCUT2D eigenvalue weighted by Crippen LogP contribution is 2.20. The van der Waals surface area contributed by atoms with Gasteiger partial charge in [-0.1, -0.05) is 12.1 Å². The zero-order valence-corrected chi connectivity index (χ0v) is 16.3. The Morgan fingerprint density at radius 1 is 1.14 bits per heavy atom. The van der Waals surface area contributed by atoms with Crippen molar-refractivity contribution in [2.24, 2.45) is 0 Å². The van der Waals surface area contributed by atoms with Gasteiger partial charge in [-0.25, -0.2) is 0 Å². The third-order valence-corrected chi connectivity index (χ3v) is 4.87. The summed E-state index contributed by atoms with van der Waals surface area (Å²) in [4.78, 5) is 34.4. The normalized spacial score (nSPS) is 11.0. The molecule has 29 heavy (non-hydrogen) atoms. The number of amides is 1. The lowest BCUT2D eigenvalue weighted by Crippen LogP contribution is -2.32. The van der Waals surface area contributed by atoms with Crippen LogP contribution in [0.3, 0.4) is 0 Å². The first kappa shape index (κ1) is 18.7. The summed E-state index contributed by atoms with van der Waals surface area (Å²) >= 11 is 0. The summed E-state index contributed by atoms with van der Waals surface area (Å²) in [5.41, 5.74) is 4.15. The van der Waals surface area contributed by atoms with Gasteiger partial charge in [0.15, 0.2) is 5.76 Å². The largest absolute Gasteiger partial charge is 0.459 e. The molecule has 0 fully saturated rings. The number of H-pyrrole nitrogens is 1. The first-order chi connectivity index (χ1) is 14.0. The van der Waals surface area contributed by atoms with Crippen molar-refractivity contribution in [1.29, 1.82) is 0 Å². The van der Waals surface area contributed by atoms with Gasteiger partial charge in [-0.15, -0.1) is 0 Å². The monoisotopic (exact) mass is 387 g/mol. The van der Waals surface area contributed by atoms with E-state index >= 15 is 0 Å². The van der Waals surface area contributed by atoms with Gasteiger partial charge in [0.2, 0.25) is 0 Å². The Bertz CT molecular complexity index is 1210. The molecule has 1 amide bonds. The van der Waals surface area contributed by atoms with Gasteiger partial charge < -0.3 is 14.3 Å². The fourth-order valence-electron chi connectivity index (χ4n) is 3.51. The third-order valence-electron chi connectivity index (χ3n) is 4.87. The van der Waals surface area contributed by atoms with Crippen molar-refractivity contribution in [1.82, 2.24) is 14.9 Å². The quantitative estimate of drug-likeness (QED) is 0.562. The van der Waals surface area contributed by atoms with Gasteiger partial charge in [-0.3, -0.25) is 14.6 Å². The Hall–Kier alpha value is -3.67. The van der Waals surface area contributed by atoms with E-state index in [1.54, 1.807) is 29.4 Å². The standard InChI is InChI=1S/C23H21N3O3/c1-15-9-16(2)19-11-18(22(27)25-20(19)10-15)14-26(13-17-5-3-7-24-12-17)23(28)21-6-4-8-29-21/h3-12H,13-14H2,1-2H3,(H,25,27). The second-order valence-corrected chi connectivity index (χ2v) is 7.17. The minimum Gasteiger partial charge on any atom is -0.459 e. The van der Waals surface area contributed by atoms with Crippen LogP contribution >= 0.6 is 0 Å². The smallest absolute Gasteiger partial charge is 0.290 e. The number of aromatic amines is 1. The number of nitrogens with zero attached hydrogens (tertiary/aromatic N) is 2. The molecule has 6 nitrogen and oxygen atoms in total. The number of carbonyl (C=O) groups excluding carboxylic acids is 1. The Kier molecular flexibility index (Phi) is 4.99. The van der Waals surface area contributed by atoms with Crippen LogP contribution in [0.5, 0.6) is 0 Å². The fraction of sp³-hybridized carbons (Fsp3) is 0.174. The molecule has 4 rings (SSSR count). The van der Waals surface area contributed by atoms with Crippen molar-refractivity contribution in [2.75, 3.05) is 0 Å². The van der Waals surface area contributed by atoms with Gasteiger partial charge in [0.1, 0.15) is 0 Å². The van der Waals surface area contributed by atoms with Gasteiger partial charge >= 0.3 is 0 Å². The summed E-state index contributed by atoms with van der Waals surface area (Å²) in [5, 5.41) is 0.969. The molecular weight excluding hydrogens is 366 g/mol. The number of fused-ring (bicyclic) bond motifs is 1. The zero-order valence-electron chi connectivity index (χ0n) is 16.3. The molecule has 146 valence electrons. The molecule has 1 aromatic carbocycles. The Balaban J connectivity index is 1.73. The van der Waals surface area contributed by atoms with Crippen LogP contribution in [-0.2, 0) is 13.1 Å². The average Bonchev–Trinajstić information content (AvgIpc) is 3.23. The number of nitrogens with one attached hydrogen (secondary N) is 1. The summed E-state index contributed by atoms with van der Waals surface area (Å²) in [6.07, 6.45) is 4.85. The molecular formula is C23H21N3O3. The van der Waals surface area contributed by atoms with E-state index in [9.17, 15) is 9.59 Å². The van der Waals surface area contributed by atoms with Crippen molar-refractivity contribution in [2.45, 2.75) is 26.9 Å². The third kappa shape index (κ3) is 3.96. The SMILES string of the molecule is Cc1cc(C)c2cc(CN(Cc3cccnc3)C(=O)c3ccco3)c(=O)[nH]c2c1. The van der Waals surface area contributed by atoms with Crippen molar-refractivity contribution < 1.29 is 9.21 Å². The molecule has 4 aromatic rings. The molecule has 0 saturated carbocycles. The maximum atomic E-state index is 13.0. The molecule has 0 unspecified atom stereocenters. The number of hydrogen-bond acceptors (Lipinski definition) is 4. The average molecular weight is 387 g/mol. The molecule has 0 aliphatic carbocycles. The van der Waals surface area contributed by atoms with Crippen LogP contribution in [0, 0.1) is 13.8 Å². The summed E-state index contributed by atoms with van der Waals surface area (Å²) in [6, 6.07) is 12.9. The van der Waals surface area contributed by atoms with Gasteiger partial charge in [-0.2, -0.15) is 0 Å². The van der Waals surface area contributed by atoms with E-state index in [1.807, 2.05) is 38.1 Å². The Morgan fingerprint density at radius 3 is 2.72 bits per heavy atom. The maximum absolute atomic E-state index is 13.0. The Labute approximate surface area is 167 Å². The first-order valence-electron chi connectivity index (χ1n) is 9.36. The number of pyridine rings is 2. The predicted octanol–water partition coefficient (Wildman–Crippen LogP) is 3.98. The molecule has 0 aliphatic heterocycles. The molecule has 0 spiro atoms. The summed E-state index contributed by atoms with van der Waals surface area (Å²) < 4.78 is 5.29. The summed E-state index contributed by atoms with van der Waals surface area (Å²) in [6.45, 7) is 4.49. The molecule has 0 aliphatic rings. The van der Waals surface area contributed by atoms with E-state index in [1.165, 1.54) is 6.26 Å². The van der Waals surface area contributed by atoms with E-state index in [-0.39, 0.29) is 23.8 Å². The van der Waals surface area contributed by atoms with Crippen LogP contribution in [0.25, 0.3) is 10.9 Å². The molecule has 0 saturated heterocycles. The minimum atomic E-state index is -0.279. The van der Waals surface area contributed by atoms with Gasteiger partial charge in [-0.05, 0) is 60.9 Å². The van der Waals surface area contributed by atoms with Crippen LogP contribution in [-0.4, -0.2) is 20.8 Å². The highest BCUT2D eigenvalue weighted by Gasteiger charge is 2.20. The van der Waals surface area contributed by atoms with Gasteiger partial charge in [0.25, 0.3) is 11.5 Å². The number of benzene rings is 1. The number of furan rings is 1. The van der Waals surface area contributed by atoms with Crippen molar-refractivity contribution in [3.05, 3.63) is 99.5 Å². The lowest BCUT2D eigenvalue weighted by Gasteiger charge is -2.22. The molecule has 0 atom stereocenters. The van der Waals surface area contributed by atoms with Crippen LogP contribution in [0.2, 0.25) is 0 Å². The van der Waals surface area contributed by atoms with Gasteiger partial charge in [0, 0.05) is 35.4 Å². The second kappa shape index (κ2) is 7.75. The number of rotatable bonds is 5. The number of aromatic nitrogens is 2. The zero-order chi connectivity index (χ0) is 20.4. The minimum absolute atomic E-state index is 0.160. The lowest BCUT2D eigenvalue weighted by molar-refractivity contribution is 0.0697. The van der Waals surface area contributed by atoms with Crippen LogP contribution in [0.4, 0.5) is 0 Å². The van der Waals surface area contributed by atoms with E-state index < -0.39 is 0 Å². The number of aryl methyl sites for hydroxylation is 2. The first-order valence-corrected chi connectivity index (χ1v) is 9.36. The molecule has 3 aromatic heterocycles. The van der Waals surface area contributed by atoms with Crippen molar-refractivity contribution >= 4 is 16.8 Å². The second-order valence-electron chi connectivity index (χ2n) is 7.17. The predicted molar refractivity (Wildman–Crippen MR) is 111 cm³/mol. The topological polar surface area (TPSA) is 79.2 Å². The summed E-state index contributed by atoms with van der Waals surface area (Å²) in [7, 11) is 0. The molecule has 6 heteroatoms. The number of hydrogen-bond donors (Lipinski definition) is 1. The van der Waals surface area contributed by atoms with Crippen LogP contribution in [0.1, 0.15) is 32.8 Å². The van der Waals surface area contributed by atoms with Crippen molar-refractivity contribution in [3.63, 3.8) is 0 Å².